The summed E-state index contributed by atoms with van der Waals surface area (Å²) in [6.07, 6.45) is 3.85. The van der Waals surface area contributed by atoms with E-state index in [1.165, 1.54) is 11.3 Å². The van der Waals surface area contributed by atoms with Crippen LogP contribution in [0, 0.1) is 6.92 Å². The summed E-state index contributed by atoms with van der Waals surface area (Å²) >= 11 is 1.20. The Labute approximate surface area is 111 Å². The Hall–Kier alpha value is -2.22. The van der Waals surface area contributed by atoms with Crippen LogP contribution in [0.5, 0.6) is 0 Å². The monoisotopic (exact) mass is 277 g/mol. The summed E-state index contributed by atoms with van der Waals surface area (Å²) in [5.74, 6) is 1.01. The van der Waals surface area contributed by atoms with Gasteiger partial charge in [0.2, 0.25) is 11.7 Å². The summed E-state index contributed by atoms with van der Waals surface area (Å²) in [5.41, 5.74) is 1.73. The van der Waals surface area contributed by atoms with Gasteiger partial charge in [-0.25, -0.2) is 0 Å². The predicted octanol–water partition coefficient (Wildman–Crippen LogP) is 1.23. The molecule has 1 N–H and O–H groups in total. The van der Waals surface area contributed by atoms with E-state index in [0.29, 0.717) is 24.7 Å². The van der Waals surface area contributed by atoms with Gasteiger partial charge < -0.3 is 9.09 Å². The lowest BCUT2D eigenvalue weighted by Gasteiger charge is -2.00. The Bertz CT molecular complexity index is 724. The number of hydrogen-bond acceptors (Lipinski definition) is 6. The number of aromatic amines is 1. The van der Waals surface area contributed by atoms with Crippen molar-refractivity contribution in [2.75, 3.05) is 0 Å². The van der Waals surface area contributed by atoms with Gasteiger partial charge in [-0.15, -0.1) is 0 Å². The lowest BCUT2D eigenvalue weighted by molar-refractivity contribution is 0.371. The summed E-state index contributed by atoms with van der Waals surface area (Å²) in [6.45, 7) is 2.45. The molecule has 3 rings (SSSR count). The van der Waals surface area contributed by atoms with Crippen LogP contribution in [-0.2, 0) is 13.0 Å². The molecule has 0 aliphatic carbocycles. The molecular weight excluding hydrogens is 266 g/mol. The SMILES string of the molecule is Cc1csc(=O)n1CCc1nc(-c2cn[nH]c2)no1. The van der Waals surface area contributed by atoms with Gasteiger partial charge in [0.25, 0.3) is 0 Å². The fourth-order valence-electron chi connectivity index (χ4n) is 1.73. The predicted molar refractivity (Wildman–Crippen MR) is 68.9 cm³/mol. The van der Waals surface area contributed by atoms with Gasteiger partial charge in [-0.2, -0.15) is 10.1 Å². The van der Waals surface area contributed by atoms with E-state index in [-0.39, 0.29) is 4.87 Å². The van der Waals surface area contributed by atoms with Gasteiger partial charge in [0.1, 0.15) is 0 Å². The molecule has 98 valence electrons. The van der Waals surface area contributed by atoms with Crippen molar-refractivity contribution in [1.82, 2.24) is 24.9 Å². The van der Waals surface area contributed by atoms with Crippen LogP contribution in [0.4, 0.5) is 0 Å². The van der Waals surface area contributed by atoms with Gasteiger partial charge in [-0.1, -0.05) is 16.5 Å². The highest BCUT2D eigenvalue weighted by Crippen LogP contribution is 2.13. The molecule has 0 atom stereocenters. The quantitative estimate of drug-likeness (QED) is 0.774. The van der Waals surface area contributed by atoms with E-state index in [1.807, 2.05) is 12.3 Å². The molecule has 0 aliphatic rings. The van der Waals surface area contributed by atoms with Crippen LogP contribution in [0.15, 0.2) is 27.1 Å². The molecule has 0 fully saturated rings. The van der Waals surface area contributed by atoms with Crippen molar-refractivity contribution in [1.29, 1.82) is 0 Å². The van der Waals surface area contributed by atoms with Gasteiger partial charge >= 0.3 is 4.87 Å². The van der Waals surface area contributed by atoms with Crippen LogP contribution in [-0.4, -0.2) is 24.9 Å². The van der Waals surface area contributed by atoms with Gasteiger partial charge in [0, 0.05) is 30.2 Å². The molecule has 3 aromatic rings. The van der Waals surface area contributed by atoms with E-state index in [0.717, 1.165) is 11.3 Å². The molecule has 7 nitrogen and oxygen atoms in total. The van der Waals surface area contributed by atoms with Gasteiger partial charge in [-0.05, 0) is 6.92 Å². The number of aryl methyl sites for hydroxylation is 2. The molecular formula is C11H11N5O2S. The van der Waals surface area contributed by atoms with Crippen molar-refractivity contribution in [2.24, 2.45) is 0 Å². The number of hydrogen-bond donors (Lipinski definition) is 1. The Balaban J connectivity index is 1.73. The van der Waals surface area contributed by atoms with E-state index in [1.54, 1.807) is 17.0 Å². The summed E-state index contributed by atoms with van der Waals surface area (Å²) in [6, 6.07) is 0. The zero-order valence-corrected chi connectivity index (χ0v) is 11.0. The third-order valence-corrected chi connectivity index (χ3v) is 3.63. The van der Waals surface area contributed by atoms with Crippen LogP contribution >= 0.6 is 11.3 Å². The first-order valence-electron chi connectivity index (χ1n) is 5.70. The second-order valence-electron chi connectivity index (χ2n) is 4.04. The minimum absolute atomic E-state index is 0.0343. The zero-order valence-electron chi connectivity index (χ0n) is 10.2. The summed E-state index contributed by atoms with van der Waals surface area (Å²) in [7, 11) is 0. The molecule has 3 aromatic heterocycles. The minimum Gasteiger partial charge on any atom is -0.339 e. The highest BCUT2D eigenvalue weighted by atomic mass is 32.1. The van der Waals surface area contributed by atoms with E-state index >= 15 is 0 Å². The van der Waals surface area contributed by atoms with Crippen molar-refractivity contribution in [3.63, 3.8) is 0 Å². The van der Waals surface area contributed by atoms with Crippen molar-refractivity contribution < 1.29 is 4.52 Å². The fourth-order valence-corrected chi connectivity index (χ4v) is 2.49. The van der Waals surface area contributed by atoms with Crippen LogP contribution < -0.4 is 4.87 Å². The molecule has 19 heavy (non-hydrogen) atoms. The lowest BCUT2D eigenvalue weighted by Crippen LogP contribution is -2.16. The van der Waals surface area contributed by atoms with Gasteiger partial charge in [0.15, 0.2) is 0 Å². The van der Waals surface area contributed by atoms with E-state index in [4.69, 9.17) is 4.52 Å². The highest BCUT2D eigenvalue weighted by molar-refractivity contribution is 7.07. The highest BCUT2D eigenvalue weighted by Gasteiger charge is 2.10. The van der Waals surface area contributed by atoms with Crippen LogP contribution in [0.2, 0.25) is 0 Å². The largest absolute Gasteiger partial charge is 0.339 e. The summed E-state index contributed by atoms with van der Waals surface area (Å²) < 4.78 is 6.85. The summed E-state index contributed by atoms with van der Waals surface area (Å²) in [4.78, 5) is 15.9. The maximum absolute atomic E-state index is 11.6. The Morgan fingerprint density at radius 3 is 3.11 bits per heavy atom. The lowest BCUT2D eigenvalue weighted by atomic mass is 10.3. The number of rotatable bonds is 4. The number of H-pyrrole nitrogens is 1. The first kappa shape index (κ1) is 11.8. The number of nitrogens with one attached hydrogen (secondary N) is 1. The van der Waals surface area contributed by atoms with Crippen molar-refractivity contribution in [3.05, 3.63) is 39.0 Å². The molecule has 0 saturated heterocycles. The molecule has 0 aliphatic heterocycles. The van der Waals surface area contributed by atoms with Gasteiger partial charge in [-0.3, -0.25) is 9.89 Å². The molecule has 0 saturated carbocycles. The number of thiazole rings is 1. The number of aromatic nitrogens is 5. The first-order chi connectivity index (χ1) is 9.24. The Morgan fingerprint density at radius 2 is 2.42 bits per heavy atom. The van der Waals surface area contributed by atoms with Crippen molar-refractivity contribution in [3.8, 4) is 11.4 Å². The van der Waals surface area contributed by atoms with E-state index in [9.17, 15) is 4.79 Å². The maximum Gasteiger partial charge on any atom is 0.307 e. The Kier molecular flexibility index (Phi) is 3.00. The molecule has 0 aromatic carbocycles. The van der Waals surface area contributed by atoms with Crippen molar-refractivity contribution in [2.45, 2.75) is 19.9 Å². The Morgan fingerprint density at radius 1 is 1.53 bits per heavy atom. The minimum atomic E-state index is 0.0343. The van der Waals surface area contributed by atoms with E-state index < -0.39 is 0 Å². The molecule has 0 radical (unpaired) electrons. The number of nitrogens with zero attached hydrogens (tertiary/aromatic N) is 4. The fraction of sp³-hybridized carbons (Fsp3) is 0.273. The zero-order chi connectivity index (χ0) is 13.2. The average Bonchev–Trinajstić information content (AvgIpc) is 3.10. The summed E-state index contributed by atoms with van der Waals surface area (Å²) in [5, 5.41) is 12.2. The first-order valence-corrected chi connectivity index (χ1v) is 6.58. The normalized spacial score (nSPS) is 11.0. The standard InChI is InChI=1S/C11H11N5O2S/c1-7-6-19-11(17)16(7)3-2-9-14-10(15-18-9)8-4-12-13-5-8/h4-6H,2-3H2,1H3,(H,12,13). The smallest absolute Gasteiger partial charge is 0.307 e. The van der Waals surface area contributed by atoms with Crippen molar-refractivity contribution >= 4 is 11.3 Å². The molecule has 3 heterocycles. The van der Waals surface area contributed by atoms with E-state index in [2.05, 4.69) is 20.3 Å². The third kappa shape index (κ3) is 2.34. The molecule has 0 bridgehead atoms. The van der Waals surface area contributed by atoms with Crippen LogP contribution in [0.25, 0.3) is 11.4 Å². The second kappa shape index (κ2) is 4.81. The topological polar surface area (TPSA) is 89.6 Å². The molecule has 0 unspecified atom stereocenters. The van der Waals surface area contributed by atoms with Crippen LogP contribution in [0.3, 0.4) is 0 Å². The maximum atomic E-state index is 11.6. The van der Waals surface area contributed by atoms with Crippen LogP contribution in [0.1, 0.15) is 11.6 Å². The molecule has 0 amide bonds. The molecule has 8 heteroatoms. The molecule has 0 spiro atoms. The van der Waals surface area contributed by atoms with Gasteiger partial charge in [0.05, 0.1) is 11.8 Å². The third-order valence-electron chi connectivity index (χ3n) is 2.75. The second-order valence-corrected chi connectivity index (χ2v) is 4.86. The average molecular weight is 277 g/mol.